The van der Waals surface area contributed by atoms with Crippen molar-refractivity contribution in [2.45, 2.75) is 65.2 Å². The molecule has 0 aliphatic carbocycles. The Morgan fingerprint density at radius 3 is 1.46 bits per heavy atom. The Balaban J connectivity index is 1.77. The second-order valence-electron chi connectivity index (χ2n) is 9.20. The average molecular weight is 497 g/mol. The maximum atomic E-state index is 8.83. The summed E-state index contributed by atoms with van der Waals surface area (Å²) in [6, 6.07) is 26.8. The molecule has 3 rings (SSSR count). The molecule has 0 aliphatic heterocycles. The van der Waals surface area contributed by atoms with Gasteiger partial charge in [0.05, 0.1) is 19.3 Å². The van der Waals surface area contributed by atoms with Crippen molar-refractivity contribution in [3.63, 3.8) is 0 Å². The van der Waals surface area contributed by atoms with Crippen molar-refractivity contribution in [1.82, 2.24) is 0 Å². The molecule has 3 aromatic carbocycles. The number of hydrogen-bond donors (Lipinski definition) is 0. The van der Waals surface area contributed by atoms with Gasteiger partial charge in [0.1, 0.15) is 11.5 Å². The van der Waals surface area contributed by atoms with Crippen molar-refractivity contribution >= 4 is 23.1 Å². The molecule has 0 atom stereocenters. The van der Waals surface area contributed by atoms with Crippen molar-refractivity contribution < 1.29 is 9.47 Å². The molecule has 0 spiro atoms. The number of nitriles is 1. The molecular weight excluding hydrogens is 456 g/mol. The minimum Gasteiger partial charge on any atom is -0.494 e. The number of nitrogens with zero attached hydrogens (tertiary/aromatic N) is 2. The van der Waals surface area contributed by atoms with Crippen LogP contribution in [0.1, 0.15) is 70.8 Å². The van der Waals surface area contributed by atoms with Crippen molar-refractivity contribution in [2.24, 2.45) is 0 Å². The van der Waals surface area contributed by atoms with E-state index in [2.05, 4.69) is 55.1 Å². The molecule has 194 valence electrons. The Morgan fingerprint density at radius 1 is 0.622 bits per heavy atom. The molecule has 0 aromatic heterocycles. The number of anilines is 3. The molecule has 0 radical (unpaired) electrons. The van der Waals surface area contributed by atoms with Crippen LogP contribution in [0.4, 0.5) is 17.1 Å². The van der Waals surface area contributed by atoms with Crippen LogP contribution in [0.5, 0.6) is 11.5 Å². The highest BCUT2D eigenvalue weighted by Crippen LogP contribution is 2.36. The van der Waals surface area contributed by atoms with Gasteiger partial charge in [-0.05, 0) is 85.1 Å². The quantitative estimate of drug-likeness (QED) is 0.146. The van der Waals surface area contributed by atoms with Gasteiger partial charge in [0, 0.05) is 23.1 Å². The molecule has 0 aliphatic rings. The van der Waals surface area contributed by atoms with Gasteiger partial charge in [0.15, 0.2) is 0 Å². The molecule has 4 heteroatoms. The van der Waals surface area contributed by atoms with Gasteiger partial charge in [-0.3, -0.25) is 0 Å². The first kappa shape index (κ1) is 27.9. The van der Waals surface area contributed by atoms with E-state index in [-0.39, 0.29) is 0 Å². The highest BCUT2D eigenvalue weighted by Gasteiger charge is 2.13. The molecule has 0 unspecified atom stereocenters. The summed E-state index contributed by atoms with van der Waals surface area (Å²) in [7, 11) is 0. The molecule has 0 N–H and O–H groups in total. The van der Waals surface area contributed by atoms with E-state index in [1.54, 1.807) is 0 Å². The topological polar surface area (TPSA) is 45.5 Å². The summed E-state index contributed by atoms with van der Waals surface area (Å²) < 4.78 is 11.9. The second kappa shape index (κ2) is 16.1. The van der Waals surface area contributed by atoms with E-state index in [1.807, 2.05) is 48.5 Å². The average Bonchev–Trinajstić information content (AvgIpc) is 2.94. The van der Waals surface area contributed by atoms with E-state index >= 15 is 0 Å². The molecule has 0 saturated carbocycles. The highest BCUT2D eigenvalue weighted by molar-refractivity contribution is 5.77. The summed E-state index contributed by atoms with van der Waals surface area (Å²) in [4.78, 5) is 2.22. The third-order valence-corrected chi connectivity index (χ3v) is 6.22. The SMILES string of the molecule is CCCCCCOc1ccc(N(c2ccc(C=CC#N)cc2)c2ccc(OCCCCCC)cc2)cc1. The van der Waals surface area contributed by atoms with Crippen LogP contribution in [-0.4, -0.2) is 13.2 Å². The fraction of sp³-hybridized carbons (Fsp3) is 0.364. The number of hydrogen-bond acceptors (Lipinski definition) is 4. The van der Waals surface area contributed by atoms with Crippen molar-refractivity contribution in [3.05, 3.63) is 84.4 Å². The summed E-state index contributed by atoms with van der Waals surface area (Å²) in [5, 5.41) is 8.83. The molecule has 0 heterocycles. The lowest BCUT2D eigenvalue weighted by atomic mass is 10.1. The van der Waals surface area contributed by atoms with Gasteiger partial charge in [-0.1, -0.05) is 64.5 Å². The number of rotatable bonds is 16. The molecule has 3 aromatic rings. The van der Waals surface area contributed by atoms with Crippen LogP contribution in [0.15, 0.2) is 78.9 Å². The minimum atomic E-state index is 0.751. The smallest absolute Gasteiger partial charge is 0.119 e. The number of benzene rings is 3. The van der Waals surface area contributed by atoms with Crippen LogP contribution in [0.25, 0.3) is 6.08 Å². The maximum Gasteiger partial charge on any atom is 0.119 e. The first-order valence-corrected chi connectivity index (χ1v) is 13.7. The van der Waals surface area contributed by atoms with E-state index in [4.69, 9.17) is 14.7 Å². The van der Waals surface area contributed by atoms with Crippen LogP contribution in [0.3, 0.4) is 0 Å². The van der Waals surface area contributed by atoms with Crippen LogP contribution >= 0.6 is 0 Å². The zero-order valence-corrected chi connectivity index (χ0v) is 22.4. The lowest BCUT2D eigenvalue weighted by Gasteiger charge is -2.26. The number of allylic oxidation sites excluding steroid dienone is 1. The summed E-state index contributed by atoms with van der Waals surface area (Å²) in [6.07, 6.45) is 12.9. The normalized spacial score (nSPS) is 10.8. The Bertz CT molecular complexity index is 1040. The second-order valence-corrected chi connectivity index (χ2v) is 9.20. The fourth-order valence-electron chi connectivity index (χ4n) is 4.14. The number of ether oxygens (including phenoxy) is 2. The van der Waals surface area contributed by atoms with E-state index in [1.165, 1.54) is 44.6 Å². The molecule has 0 bridgehead atoms. The van der Waals surface area contributed by atoms with Gasteiger partial charge < -0.3 is 14.4 Å². The number of unbranched alkanes of at least 4 members (excludes halogenated alkanes) is 6. The molecular formula is C33H40N2O2. The van der Waals surface area contributed by atoms with Crippen molar-refractivity contribution in [2.75, 3.05) is 18.1 Å². The van der Waals surface area contributed by atoms with Gasteiger partial charge in [-0.2, -0.15) is 5.26 Å². The van der Waals surface area contributed by atoms with E-state index in [0.717, 1.165) is 60.2 Å². The van der Waals surface area contributed by atoms with Gasteiger partial charge in [-0.15, -0.1) is 0 Å². The molecule has 0 fully saturated rings. The van der Waals surface area contributed by atoms with Gasteiger partial charge in [0.2, 0.25) is 0 Å². The van der Waals surface area contributed by atoms with E-state index in [9.17, 15) is 0 Å². The third kappa shape index (κ3) is 9.35. The summed E-state index contributed by atoms with van der Waals surface area (Å²) in [5.41, 5.74) is 4.12. The van der Waals surface area contributed by atoms with Crippen molar-refractivity contribution in [1.29, 1.82) is 5.26 Å². The minimum absolute atomic E-state index is 0.751. The molecule has 0 saturated heterocycles. The van der Waals surface area contributed by atoms with Crippen LogP contribution in [-0.2, 0) is 0 Å². The molecule has 4 nitrogen and oxygen atoms in total. The monoisotopic (exact) mass is 496 g/mol. The van der Waals surface area contributed by atoms with Crippen LogP contribution in [0, 0.1) is 11.3 Å². The first-order chi connectivity index (χ1) is 18.2. The Hall–Kier alpha value is -3.71. The van der Waals surface area contributed by atoms with Crippen LogP contribution < -0.4 is 14.4 Å². The predicted molar refractivity (Wildman–Crippen MR) is 155 cm³/mol. The molecule has 37 heavy (non-hydrogen) atoms. The summed E-state index contributed by atoms with van der Waals surface area (Å²) in [5.74, 6) is 1.79. The summed E-state index contributed by atoms with van der Waals surface area (Å²) in [6.45, 7) is 5.94. The van der Waals surface area contributed by atoms with Gasteiger partial charge >= 0.3 is 0 Å². The largest absolute Gasteiger partial charge is 0.494 e. The summed E-state index contributed by atoms with van der Waals surface area (Å²) >= 11 is 0. The standard InChI is InChI=1S/C33H40N2O2/c1-3-5-7-9-26-36-32-21-17-30(18-22-32)35(29-15-13-28(14-16-29)12-11-25-34)31-19-23-33(24-20-31)37-27-10-8-6-4-2/h11-24H,3-10,26-27H2,1-2H3. The Morgan fingerprint density at radius 2 is 1.05 bits per heavy atom. The van der Waals surface area contributed by atoms with E-state index in [0.29, 0.717) is 0 Å². The maximum absolute atomic E-state index is 8.83. The lowest BCUT2D eigenvalue weighted by molar-refractivity contribution is 0.305. The lowest BCUT2D eigenvalue weighted by Crippen LogP contribution is -2.10. The predicted octanol–water partition coefficient (Wildman–Crippen LogP) is 9.61. The Labute approximate surface area is 223 Å². The zero-order chi connectivity index (χ0) is 26.1. The van der Waals surface area contributed by atoms with Gasteiger partial charge in [-0.25, -0.2) is 0 Å². The van der Waals surface area contributed by atoms with Gasteiger partial charge in [0.25, 0.3) is 0 Å². The van der Waals surface area contributed by atoms with Crippen LogP contribution in [0.2, 0.25) is 0 Å². The Kier molecular flexibility index (Phi) is 12.1. The van der Waals surface area contributed by atoms with E-state index < -0.39 is 0 Å². The molecule has 0 amide bonds. The van der Waals surface area contributed by atoms with Crippen molar-refractivity contribution in [3.8, 4) is 17.6 Å². The fourth-order valence-corrected chi connectivity index (χ4v) is 4.14. The first-order valence-electron chi connectivity index (χ1n) is 13.7. The third-order valence-electron chi connectivity index (χ3n) is 6.22. The zero-order valence-electron chi connectivity index (χ0n) is 22.4. The highest BCUT2D eigenvalue weighted by atomic mass is 16.5.